The van der Waals surface area contributed by atoms with Crippen LogP contribution >= 0.6 is 12.2 Å². The van der Waals surface area contributed by atoms with Crippen molar-refractivity contribution >= 4 is 34.7 Å². The summed E-state index contributed by atoms with van der Waals surface area (Å²) in [6, 6.07) is 6.95. The van der Waals surface area contributed by atoms with E-state index in [0.717, 1.165) is 0 Å². The van der Waals surface area contributed by atoms with Gasteiger partial charge in [-0.3, -0.25) is 9.59 Å². The first-order valence-corrected chi connectivity index (χ1v) is 6.52. The fraction of sp³-hybridized carbons (Fsp3) is 0.308. The minimum atomic E-state index is -0.264. The molecule has 1 fully saturated rings. The molecule has 7 heteroatoms. The van der Waals surface area contributed by atoms with Crippen LogP contribution in [0.2, 0.25) is 0 Å². The first kappa shape index (κ1) is 14.4. The van der Waals surface area contributed by atoms with E-state index in [1.165, 1.54) is 4.90 Å². The van der Waals surface area contributed by atoms with Crippen LogP contribution in [0.25, 0.3) is 0 Å². The van der Waals surface area contributed by atoms with Gasteiger partial charge in [0.05, 0.1) is 6.61 Å². The predicted octanol–water partition coefficient (Wildman–Crippen LogP) is 0.118. The van der Waals surface area contributed by atoms with Gasteiger partial charge in [-0.05, 0) is 12.1 Å². The third kappa shape index (κ3) is 3.75. The zero-order valence-corrected chi connectivity index (χ0v) is 11.6. The van der Waals surface area contributed by atoms with Crippen LogP contribution in [-0.4, -0.2) is 48.0 Å². The minimum absolute atomic E-state index is 0.0134. The van der Waals surface area contributed by atoms with Crippen LogP contribution in [0.5, 0.6) is 0 Å². The van der Waals surface area contributed by atoms with Gasteiger partial charge in [0.15, 0.2) is 0 Å². The van der Waals surface area contributed by atoms with Crippen LogP contribution in [0, 0.1) is 0 Å². The Kier molecular flexibility index (Phi) is 4.65. The fourth-order valence-corrected chi connectivity index (χ4v) is 1.97. The summed E-state index contributed by atoms with van der Waals surface area (Å²) >= 11 is 4.88. The van der Waals surface area contributed by atoms with E-state index in [0.29, 0.717) is 24.4 Å². The molecule has 0 spiro atoms. The largest absolute Gasteiger partial charge is 0.389 e. The summed E-state index contributed by atoms with van der Waals surface area (Å²) in [4.78, 5) is 25.1. The van der Waals surface area contributed by atoms with Gasteiger partial charge in [-0.1, -0.05) is 24.4 Å². The molecule has 2 amide bonds. The number of nitrogens with zero attached hydrogens (tertiary/aromatic N) is 1. The van der Waals surface area contributed by atoms with Crippen molar-refractivity contribution in [1.82, 2.24) is 4.90 Å². The summed E-state index contributed by atoms with van der Waals surface area (Å²) in [6.07, 6.45) is 0. The van der Waals surface area contributed by atoms with E-state index >= 15 is 0 Å². The summed E-state index contributed by atoms with van der Waals surface area (Å²) in [7, 11) is 0. The van der Waals surface area contributed by atoms with E-state index in [4.69, 9.17) is 22.7 Å². The number of nitrogens with two attached hydrogens (primary N) is 1. The van der Waals surface area contributed by atoms with Gasteiger partial charge in [-0.25, -0.2) is 0 Å². The van der Waals surface area contributed by atoms with Crippen molar-refractivity contribution in [2.45, 2.75) is 0 Å². The van der Waals surface area contributed by atoms with Crippen molar-refractivity contribution in [3.63, 3.8) is 0 Å². The van der Waals surface area contributed by atoms with E-state index < -0.39 is 0 Å². The van der Waals surface area contributed by atoms with Gasteiger partial charge < -0.3 is 20.7 Å². The Morgan fingerprint density at radius 2 is 2.30 bits per heavy atom. The molecule has 1 aromatic rings. The average molecular weight is 293 g/mol. The monoisotopic (exact) mass is 293 g/mol. The SMILES string of the molecule is NC(=S)c1cccc(NC(=O)CN2CCOCC2=O)c1. The standard InChI is InChI=1S/C13H15N3O3S/c14-13(20)9-2-1-3-10(6-9)15-11(17)7-16-4-5-19-8-12(16)18/h1-3,6H,4-5,7-8H2,(H2,14,20)(H,15,17). The Labute approximate surface area is 121 Å². The lowest BCUT2D eigenvalue weighted by Gasteiger charge is -2.26. The molecule has 0 radical (unpaired) electrons. The fourth-order valence-electron chi connectivity index (χ4n) is 1.84. The Bertz CT molecular complexity index is 547. The molecule has 20 heavy (non-hydrogen) atoms. The molecule has 1 aliphatic heterocycles. The highest BCUT2D eigenvalue weighted by Crippen LogP contribution is 2.11. The molecule has 0 aliphatic carbocycles. The highest BCUT2D eigenvalue weighted by Gasteiger charge is 2.20. The van der Waals surface area contributed by atoms with Crippen molar-refractivity contribution in [3.8, 4) is 0 Å². The van der Waals surface area contributed by atoms with Crippen molar-refractivity contribution < 1.29 is 14.3 Å². The second-order valence-electron chi connectivity index (χ2n) is 4.36. The Morgan fingerprint density at radius 1 is 1.50 bits per heavy atom. The number of ether oxygens (including phenoxy) is 1. The molecular formula is C13H15N3O3S. The third-order valence-corrected chi connectivity index (χ3v) is 3.08. The summed E-state index contributed by atoms with van der Waals surface area (Å²) in [6.45, 7) is 0.929. The molecule has 0 aromatic heterocycles. The van der Waals surface area contributed by atoms with Crippen LogP contribution in [0.15, 0.2) is 24.3 Å². The van der Waals surface area contributed by atoms with Gasteiger partial charge in [-0.15, -0.1) is 0 Å². The second-order valence-corrected chi connectivity index (χ2v) is 4.80. The summed E-state index contributed by atoms with van der Waals surface area (Å²) in [5.74, 6) is -0.441. The third-order valence-electron chi connectivity index (χ3n) is 2.85. The van der Waals surface area contributed by atoms with Crippen LogP contribution in [-0.2, 0) is 14.3 Å². The van der Waals surface area contributed by atoms with Crippen molar-refractivity contribution in [1.29, 1.82) is 0 Å². The van der Waals surface area contributed by atoms with Gasteiger partial charge in [0.25, 0.3) is 0 Å². The van der Waals surface area contributed by atoms with Crippen LogP contribution in [0.3, 0.4) is 0 Å². The first-order valence-electron chi connectivity index (χ1n) is 6.11. The molecule has 0 bridgehead atoms. The zero-order chi connectivity index (χ0) is 14.5. The number of rotatable bonds is 4. The van der Waals surface area contributed by atoms with Gasteiger partial charge in [0.1, 0.15) is 18.1 Å². The number of morpholine rings is 1. The lowest BCUT2D eigenvalue weighted by atomic mass is 10.2. The summed E-state index contributed by atoms with van der Waals surface area (Å²) in [5, 5.41) is 2.72. The number of nitrogens with one attached hydrogen (secondary N) is 1. The summed E-state index contributed by atoms with van der Waals surface area (Å²) < 4.78 is 5.00. The molecule has 1 aromatic carbocycles. The average Bonchev–Trinajstić information content (AvgIpc) is 2.41. The first-order chi connectivity index (χ1) is 9.56. The lowest BCUT2D eigenvalue weighted by molar-refractivity contribution is -0.144. The van der Waals surface area contributed by atoms with Gasteiger partial charge >= 0.3 is 0 Å². The van der Waals surface area contributed by atoms with Crippen molar-refractivity contribution in [3.05, 3.63) is 29.8 Å². The maximum Gasteiger partial charge on any atom is 0.249 e. The molecule has 1 heterocycles. The molecule has 2 rings (SSSR count). The Balaban J connectivity index is 1.95. The smallest absolute Gasteiger partial charge is 0.249 e. The van der Waals surface area contributed by atoms with Gasteiger partial charge in [0, 0.05) is 17.8 Å². The molecule has 6 nitrogen and oxygen atoms in total. The molecule has 0 saturated carbocycles. The normalized spacial score (nSPS) is 15.0. The van der Waals surface area contributed by atoms with Crippen LogP contribution in [0.1, 0.15) is 5.56 Å². The molecule has 0 unspecified atom stereocenters. The van der Waals surface area contributed by atoms with E-state index in [9.17, 15) is 9.59 Å². The minimum Gasteiger partial charge on any atom is -0.389 e. The van der Waals surface area contributed by atoms with E-state index in [1.807, 2.05) is 0 Å². The van der Waals surface area contributed by atoms with Gasteiger partial charge in [-0.2, -0.15) is 0 Å². The number of hydrogen-bond donors (Lipinski definition) is 2. The number of benzene rings is 1. The number of carbonyl (C=O) groups is 2. The molecule has 106 valence electrons. The Morgan fingerprint density at radius 3 is 3.00 bits per heavy atom. The Hall–Kier alpha value is -1.99. The predicted molar refractivity (Wildman–Crippen MR) is 78.4 cm³/mol. The quantitative estimate of drug-likeness (QED) is 0.770. The highest BCUT2D eigenvalue weighted by atomic mass is 32.1. The van der Waals surface area contributed by atoms with Gasteiger partial charge in [0.2, 0.25) is 11.8 Å². The molecule has 3 N–H and O–H groups in total. The lowest BCUT2D eigenvalue weighted by Crippen LogP contribution is -2.45. The van der Waals surface area contributed by atoms with E-state index in [1.54, 1.807) is 24.3 Å². The van der Waals surface area contributed by atoms with Crippen molar-refractivity contribution in [2.75, 3.05) is 31.6 Å². The van der Waals surface area contributed by atoms with E-state index in [-0.39, 0.29) is 30.0 Å². The van der Waals surface area contributed by atoms with E-state index in [2.05, 4.69) is 5.32 Å². The van der Waals surface area contributed by atoms with Crippen LogP contribution in [0.4, 0.5) is 5.69 Å². The zero-order valence-electron chi connectivity index (χ0n) is 10.8. The number of thiocarbonyl (C=S) groups is 1. The summed E-state index contributed by atoms with van der Waals surface area (Å²) in [5.41, 5.74) is 6.81. The van der Waals surface area contributed by atoms with Crippen LogP contribution < -0.4 is 11.1 Å². The highest BCUT2D eigenvalue weighted by molar-refractivity contribution is 7.80. The molecule has 0 atom stereocenters. The maximum atomic E-state index is 11.9. The number of carbonyl (C=O) groups excluding carboxylic acids is 2. The number of amides is 2. The topological polar surface area (TPSA) is 84.7 Å². The second kappa shape index (κ2) is 6.44. The number of anilines is 1. The molecule has 1 saturated heterocycles. The molecular weight excluding hydrogens is 278 g/mol. The van der Waals surface area contributed by atoms with Crippen molar-refractivity contribution in [2.24, 2.45) is 5.73 Å². The number of hydrogen-bond acceptors (Lipinski definition) is 4. The molecule has 1 aliphatic rings. The maximum absolute atomic E-state index is 11.9.